The summed E-state index contributed by atoms with van der Waals surface area (Å²) in [5.74, 6) is 0. The van der Waals surface area contributed by atoms with Gasteiger partial charge in [-0.05, 0) is 36.1 Å². The molecule has 0 bridgehead atoms. The van der Waals surface area contributed by atoms with E-state index in [-0.39, 0.29) is 0 Å². The lowest BCUT2D eigenvalue weighted by atomic mass is 10.0. The summed E-state index contributed by atoms with van der Waals surface area (Å²) in [6, 6.07) is 10.6. The molecule has 0 atom stereocenters. The van der Waals surface area contributed by atoms with Gasteiger partial charge in [-0.25, -0.2) is 9.50 Å². The third-order valence-corrected chi connectivity index (χ3v) is 3.29. The van der Waals surface area contributed by atoms with E-state index in [1.54, 1.807) is 6.33 Å². The van der Waals surface area contributed by atoms with Crippen LogP contribution in [0.3, 0.4) is 0 Å². The number of hydrogen-bond donors (Lipinski definition) is 0. The third-order valence-electron chi connectivity index (χ3n) is 3.29. The van der Waals surface area contributed by atoms with Gasteiger partial charge in [-0.1, -0.05) is 31.2 Å². The van der Waals surface area contributed by atoms with Gasteiger partial charge in [0.15, 0.2) is 5.65 Å². The van der Waals surface area contributed by atoms with Gasteiger partial charge in [0.05, 0.1) is 0 Å². The zero-order valence-electron chi connectivity index (χ0n) is 10.6. The Labute approximate surface area is 106 Å². The van der Waals surface area contributed by atoms with Crippen molar-refractivity contribution in [3.8, 4) is 11.1 Å². The van der Waals surface area contributed by atoms with Crippen molar-refractivity contribution in [1.29, 1.82) is 0 Å². The molecule has 0 saturated heterocycles. The highest BCUT2D eigenvalue weighted by Crippen LogP contribution is 2.25. The first kappa shape index (κ1) is 11.0. The van der Waals surface area contributed by atoms with Gasteiger partial charge in [-0.3, -0.25) is 0 Å². The van der Waals surface area contributed by atoms with E-state index in [0.29, 0.717) is 0 Å². The van der Waals surface area contributed by atoms with Gasteiger partial charge < -0.3 is 0 Å². The highest BCUT2D eigenvalue weighted by molar-refractivity contribution is 5.69. The van der Waals surface area contributed by atoms with Gasteiger partial charge in [-0.15, -0.1) is 0 Å². The standard InChI is InChI=1S/C15H15N3/c1-3-12-8-13(9-18-15(12)16-10-17-18)14-7-5-4-6-11(14)2/h4-10H,3H2,1-2H3. The molecule has 0 N–H and O–H groups in total. The van der Waals surface area contributed by atoms with Crippen LogP contribution in [0.4, 0.5) is 0 Å². The summed E-state index contributed by atoms with van der Waals surface area (Å²) in [6.45, 7) is 4.28. The van der Waals surface area contributed by atoms with Gasteiger partial charge in [0.2, 0.25) is 0 Å². The van der Waals surface area contributed by atoms with E-state index in [1.165, 1.54) is 22.3 Å². The van der Waals surface area contributed by atoms with Crippen LogP contribution in [0.25, 0.3) is 16.8 Å². The number of aromatic nitrogens is 3. The summed E-state index contributed by atoms with van der Waals surface area (Å²) in [5.41, 5.74) is 5.91. The Balaban J connectivity index is 2.27. The summed E-state index contributed by atoms with van der Waals surface area (Å²) in [5, 5.41) is 4.25. The van der Waals surface area contributed by atoms with Crippen LogP contribution in [0.1, 0.15) is 18.1 Å². The molecule has 3 aromatic rings. The maximum absolute atomic E-state index is 4.30. The van der Waals surface area contributed by atoms with E-state index < -0.39 is 0 Å². The molecule has 0 amide bonds. The number of aryl methyl sites for hydroxylation is 2. The summed E-state index contributed by atoms with van der Waals surface area (Å²) < 4.78 is 1.86. The van der Waals surface area contributed by atoms with Crippen molar-refractivity contribution in [1.82, 2.24) is 14.6 Å². The zero-order chi connectivity index (χ0) is 12.5. The molecule has 0 radical (unpaired) electrons. The zero-order valence-corrected chi connectivity index (χ0v) is 10.6. The van der Waals surface area contributed by atoms with Crippen LogP contribution in [0.5, 0.6) is 0 Å². The van der Waals surface area contributed by atoms with E-state index >= 15 is 0 Å². The van der Waals surface area contributed by atoms with Gasteiger partial charge in [0, 0.05) is 11.8 Å². The second-order valence-electron chi connectivity index (χ2n) is 4.45. The van der Waals surface area contributed by atoms with Crippen LogP contribution in [0, 0.1) is 6.92 Å². The van der Waals surface area contributed by atoms with Gasteiger partial charge >= 0.3 is 0 Å². The van der Waals surface area contributed by atoms with E-state index in [0.717, 1.165) is 12.1 Å². The van der Waals surface area contributed by atoms with Crippen molar-refractivity contribution in [2.24, 2.45) is 0 Å². The largest absolute Gasteiger partial charge is 0.220 e. The molecule has 3 heteroatoms. The molecule has 0 aliphatic rings. The Hall–Kier alpha value is -2.16. The minimum Gasteiger partial charge on any atom is -0.220 e. The molecule has 90 valence electrons. The van der Waals surface area contributed by atoms with Crippen molar-refractivity contribution in [2.45, 2.75) is 20.3 Å². The average Bonchev–Trinajstić information content (AvgIpc) is 2.86. The lowest BCUT2D eigenvalue weighted by Crippen LogP contribution is -1.95. The summed E-state index contributed by atoms with van der Waals surface area (Å²) in [7, 11) is 0. The van der Waals surface area contributed by atoms with Crippen LogP contribution in [-0.2, 0) is 6.42 Å². The van der Waals surface area contributed by atoms with Crippen molar-refractivity contribution in [2.75, 3.05) is 0 Å². The van der Waals surface area contributed by atoms with Crippen molar-refractivity contribution >= 4 is 5.65 Å². The second kappa shape index (κ2) is 4.26. The monoisotopic (exact) mass is 237 g/mol. The molecule has 3 nitrogen and oxygen atoms in total. The van der Waals surface area contributed by atoms with Crippen LogP contribution in [-0.4, -0.2) is 14.6 Å². The number of nitrogens with zero attached hydrogens (tertiary/aromatic N) is 3. The number of fused-ring (bicyclic) bond motifs is 1. The van der Waals surface area contributed by atoms with Crippen molar-refractivity contribution in [3.63, 3.8) is 0 Å². The molecule has 0 fully saturated rings. The van der Waals surface area contributed by atoms with E-state index in [4.69, 9.17) is 0 Å². The van der Waals surface area contributed by atoms with Crippen molar-refractivity contribution in [3.05, 3.63) is 54.0 Å². The van der Waals surface area contributed by atoms with Gasteiger partial charge in [0.25, 0.3) is 0 Å². The summed E-state index contributed by atoms with van der Waals surface area (Å²) in [6.07, 6.45) is 4.61. The summed E-state index contributed by atoms with van der Waals surface area (Å²) >= 11 is 0. The van der Waals surface area contributed by atoms with E-state index in [2.05, 4.69) is 54.3 Å². The quantitative estimate of drug-likeness (QED) is 0.684. The Morgan fingerprint density at radius 1 is 1.22 bits per heavy atom. The van der Waals surface area contributed by atoms with Gasteiger partial charge in [-0.2, -0.15) is 5.10 Å². The first-order chi connectivity index (χ1) is 8.79. The highest BCUT2D eigenvalue weighted by Gasteiger charge is 2.07. The Morgan fingerprint density at radius 3 is 2.83 bits per heavy atom. The van der Waals surface area contributed by atoms with Crippen LogP contribution in [0.15, 0.2) is 42.9 Å². The number of benzene rings is 1. The van der Waals surface area contributed by atoms with Crippen LogP contribution in [0.2, 0.25) is 0 Å². The normalized spacial score (nSPS) is 11.0. The molecule has 2 aromatic heterocycles. The first-order valence-electron chi connectivity index (χ1n) is 6.18. The molecular weight excluding hydrogens is 222 g/mol. The molecule has 0 spiro atoms. The third kappa shape index (κ3) is 1.68. The molecule has 18 heavy (non-hydrogen) atoms. The van der Waals surface area contributed by atoms with Gasteiger partial charge in [0.1, 0.15) is 6.33 Å². The summed E-state index contributed by atoms with van der Waals surface area (Å²) in [4.78, 5) is 4.30. The topological polar surface area (TPSA) is 30.2 Å². The fraction of sp³-hybridized carbons (Fsp3) is 0.200. The number of hydrogen-bond acceptors (Lipinski definition) is 2. The Kier molecular flexibility index (Phi) is 2.59. The lowest BCUT2D eigenvalue weighted by molar-refractivity contribution is 0.948. The minimum atomic E-state index is 0.954. The Morgan fingerprint density at radius 2 is 2.06 bits per heavy atom. The average molecular weight is 237 g/mol. The highest BCUT2D eigenvalue weighted by atomic mass is 15.3. The Bertz CT molecular complexity index is 698. The fourth-order valence-corrected chi connectivity index (χ4v) is 2.30. The molecule has 0 aliphatic heterocycles. The molecular formula is C15H15N3. The lowest BCUT2D eigenvalue weighted by Gasteiger charge is -2.08. The molecule has 2 heterocycles. The fourth-order valence-electron chi connectivity index (χ4n) is 2.30. The van der Waals surface area contributed by atoms with Crippen LogP contribution < -0.4 is 0 Å². The van der Waals surface area contributed by atoms with Crippen LogP contribution >= 0.6 is 0 Å². The van der Waals surface area contributed by atoms with Crippen molar-refractivity contribution < 1.29 is 0 Å². The SMILES string of the molecule is CCc1cc(-c2ccccc2C)cn2ncnc12. The maximum atomic E-state index is 4.30. The molecule has 1 aromatic carbocycles. The molecule has 0 unspecified atom stereocenters. The predicted molar refractivity (Wildman–Crippen MR) is 72.5 cm³/mol. The second-order valence-corrected chi connectivity index (χ2v) is 4.45. The van der Waals surface area contributed by atoms with E-state index in [1.807, 2.05) is 10.7 Å². The first-order valence-corrected chi connectivity index (χ1v) is 6.18. The minimum absolute atomic E-state index is 0.954. The smallest absolute Gasteiger partial charge is 0.158 e. The number of rotatable bonds is 2. The molecule has 3 rings (SSSR count). The maximum Gasteiger partial charge on any atom is 0.158 e. The molecule has 0 saturated carbocycles. The van der Waals surface area contributed by atoms with E-state index in [9.17, 15) is 0 Å². The number of pyridine rings is 1. The predicted octanol–water partition coefficient (Wildman–Crippen LogP) is 3.27. The molecule has 0 aliphatic carbocycles.